The van der Waals surface area contributed by atoms with Crippen LogP contribution in [0.15, 0.2) is 0 Å². The van der Waals surface area contributed by atoms with Crippen molar-refractivity contribution in [3.05, 3.63) is 0 Å². The summed E-state index contributed by atoms with van der Waals surface area (Å²) in [5.41, 5.74) is 0. The fourth-order valence-corrected chi connectivity index (χ4v) is 4.36. The number of nitrogens with one attached hydrogen (secondary N) is 1. The van der Waals surface area contributed by atoms with Crippen molar-refractivity contribution >= 4 is 0 Å². The Labute approximate surface area is 216 Å². The monoisotopic (exact) mass is 483 g/mol. The molecule has 3 nitrogen and oxygen atoms in total. The summed E-state index contributed by atoms with van der Waals surface area (Å²) in [6.07, 6.45) is 20.0. The fraction of sp³-hybridized carbons (Fsp3) is 1.00. The molecule has 1 N–H and O–H groups in total. The predicted molar refractivity (Wildman–Crippen MR) is 154 cm³/mol. The summed E-state index contributed by atoms with van der Waals surface area (Å²) >= 11 is 0. The third-order valence-electron chi connectivity index (χ3n) is 7.62. The van der Waals surface area contributed by atoms with Crippen LogP contribution in [-0.4, -0.2) is 49.8 Å². The van der Waals surface area contributed by atoms with Crippen molar-refractivity contribution in [3.8, 4) is 0 Å². The van der Waals surface area contributed by atoms with Gasteiger partial charge in [0.1, 0.15) is 0 Å². The van der Waals surface area contributed by atoms with E-state index in [0.29, 0.717) is 6.10 Å². The molecule has 0 aliphatic heterocycles. The molecule has 34 heavy (non-hydrogen) atoms. The highest BCUT2D eigenvalue weighted by Crippen LogP contribution is 2.24. The van der Waals surface area contributed by atoms with Crippen LogP contribution in [0.2, 0.25) is 0 Å². The molecule has 0 heterocycles. The van der Waals surface area contributed by atoms with Gasteiger partial charge >= 0.3 is 0 Å². The Bertz CT molecular complexity index is 423. The molecule has 206 valence electrons. The first-order chi connectivity index (χ1) is 15.8. The second-order valence-corrected chi connectivity index (χ2v) is 12.3. The minimum atomic E-state index is 0. The Balaban J connectivity index is 0.000000475. The molecule has 0 amide bonds. The number of rotatable bonds is 12. The Morgan fingerprint density at radius 1 is 0.706 bits per heavy atom. The van der Waals surface area contributed by atoms with E-state index >= 15 is 0 Å². The zero-order valence-electron chi connectivity index (χ0n) is 23.8. The molecule has 0 aromatic rings. The Kier molecular flexibility index (Phi) is 20.9. The van der Waals surface area contributed by atoms with E-state index in [-0.39, 0.29) is 7.43 Å². The smallest absolute Gasteiger partial charge is 0.0575 e. The van der Waals surface area contributed by atoms with Crippen molar-refractivity contribution in [2.45, 2.75) is 157 Å². The largest absolute Gasteiger partial charge is 0.378 e. The normalized spacial score (nSPS) is 19.1. The molecule has 3 saturated carbocycles. The molecule has 3 fully saturated rings. The van der Waals surface area contributed by atoms with Gasteiger partial charge in [-0.3, -0.25) is 0 Å². The van der Waals surface area contributed by atoms with E-state index in [1.807, 2.05) is 0 Å². The van der Waals surface area contributed by atoms with Gasteiger partial charge in [-0.15, -0.1) is 0 Å². The van der Waals surface area contributed by atoms with Gasteiger partial charge in [0.05, 0.1) is 6.10 Å². The van der Waals surface area contributed by atoms with E-state index in [1.54, 1.807) is 0 Å². The summed E-state index contributed by atoms with van der Waals surface area (Å²) in [7, 11) is 2.27. The zero-order chi connectivity index (χ0) is 24.5. The lowest BCUT2D eigenvalue weighted by Crippen LogP contribution is -2.37. The molecule has 0 aromatic carbocycles. The van der Waals surface area contributed by atoms with Gasteiger partial charge < -0.3 is 15.0 Å². The number of ether oxygens (including phenoxy) is 1. The highest BCUT2D eigenvalue weighted by Gasteiger charge is 2.21. The highest BCUT2D eigenvalue weighted by atomic mass is 16.5. The highest BCUT2D eigenvalue weighted by molar-refractivity contribution is 4.77. The molecule has 0 bridgehead atoms. The molecule has 0 saturated heterocycles. The van der Waals surface area contributed by atoms with Crippen LogP contribution < -0.4 is 5.32 Å². The van der Waals surface area contributed by atoms with Gasteiger partial charge in [0.2, 0.25) is 0 Å². The lowest BCUT2D eigenvalue weighted by atomic mass is 9.91. The lowest BCUT2D eigenvalue weighted by molar-refractivity contribution is -0.00222. The van der Waals surface area contributed by atoms with Crippen molar-refractivity contribution < 1.29 is 4.74 Å². The first-order valence-corrected chi connectivity index (χ1v) is 14.8. The maximum Gasteiger partial charge on any atom is 0.0575 e. The summed E-state index contributed by atoms with van der Waals surface area (Å²) in [5.74, 6) is 2.50. The quantitative estimate of drug-likeness (QED) is 0.301. The summed E-state index contributed by atoms with van der Waals surface area (Å²) in [5, 5.41) is 3.65. The van der Waals surface area contributed by atoms with Gasteiger partial charge in [-0.05, 0) is 102 Å². The fourth-order valence-electron chi connectivity index (χ4n) is 4.36. The lowest BCUT2D eigenvalue weighted by Gasteiger charge is -2.35. The van der Waals surface area contributed by atoms with Gasteiger partial charge in [0.15, 0.2) is 0 Å². The number of hydrogen-bond donors (Lipinski definition) is 1. The molecular formula is C31H66N2O. The van der Waals surface area contributed by atoms with Gasteiger partial charge in [0.25, 0.3) is 0 Å². The standard InChI is InChI=1S/C11H23N.C10H21N.C9H18O.CH4/c1-10(2)8-9-12-11-6-4-3-5-7-11;1-9(2)7-8-11(3)10-5-4-6-10;1-8(2)6-7-10-9-4-3-5-9;/h10-12H,3-9H2,1-2H3;9-10H,4-8H2,1-3H3;8-9H,3-7H2,1-2H3;1H4. The Morgan fingerprint density at radius 2 is 1.26 bits per heavy atom. The molecule has 3 aliphatic rings. The zero-order valence-corrected chi connectivity index (χ0v) is 23.8. The number of hydrogen-bond acceptors (Lipinski definition) is 3. The van der Waals surface area contributed by atoms with Crippen molar-refractivity contribution in [2.75, 3.05) is 26.7 Å². The summed E-state index contributed by atoms with van der Waals surface area (Å²) in [6.45, 7) is 17.2. The molecule has 3 aliphatic carbocycles. The topological polar surface area (TPSA) is 24.5 Å². The van der Waals surface area contributed by atoms with Crippen molar-refractivity contribution in [1.29, 1.82) is 0 Å². The van der Waals surface area contributed by atoms with Crippen LogP contribution in [0.5, 0.6) is 0 Å². The summed E-state index contributed by atoms with van der Waals surface area (Å²) < 4.78 is 5.59. The van der Waals surface area contributed by atoms with Crippen LogP contribution in [0.4, 0.5) is 0 Å². The first kappa shape index (κ1) is 33.9. The van der Waals surface area contributed by atoms with Crippen LogP contribution >= 0.6 is 0 Å². The van der Waals surface area contributed by atoms with Gasteiger partial charge in [-0.2, -0.15) is 0 Å². The van der Waals surface area contributed by atoms with Gasteiger partial charge in [0, 0.05) is 18.7 Å². The van der Waals surface area contributed by atoms with Crippen molar-refractivity contribution in [3.63, 3.8) is 0 Å². The molecule has 0 unspecified atom stereocenters. The maximum absolute atomic E-state index is 5.59. The summed E-state index contributed by atoms with van der Waals surface area (Å²) in [6, 6.07) is 1.77. The maximum atomic E-state index is 5.59. The SMILES string of the molecule is C.CC(C)CCN(C)C1CCC1.CC(C)CCNC1CCCCC1.CC(C)CCOC1CCC1. The average Bonchev–Trinajstić information content (AvgIpc) is 2.68. The van der Waals surface area contributed by atoms with Crippen molar-refractivity contribution in [1.82, 2.24) is 10.2 Å². The van der Waals surface area contributed by atoms with E-state index in [1.165, 1.54) is 103 Å². The average molecular weight is 483 g/mol. The van der Waals surface area contributed by atoms with Gasteiger partial charge in [-0.1, -0.05) is 74.7 Å². The van der Waals surface area contributed by atoms with Gasteiger partial charge in [-0.25, -0.2) is 0 Å². The molecule has 0 aromatic heterocycles. The third-order valence-corrected chi connectivity index (χ3v) is 7.62. The summed E-state index contributed by atoms with van der Waals surface area (Å²) in [4.78, 5) is 2.53. The second-order valence-electron chi connectivity index (χ2n) is 12.3. The molecular weight excluding hydrogens is 416 g/mol. The Morgan fingerprint density at radius 3 is 1.71 bits per heavy atom. The van der Waals surface area contributed by atoms with E-state index in [2.05, 4.69) is 58.8 Å². The molecule has 0 atom stereocenters. The van der Waals surface area contributed by atoms with E-state index in [0.717, 1.165) is 36.4 Å². The second kappa shape index (κ2) is 21.0. The Hall–Kier alpha value is -0.120. The van der Waals surface area contributed by atoms with E-state index < -0.39 is 0 Å². The minimum absolute atomic E-state index is 0. The van der Waals surface area contributed by atoms with Crippen LogP contribution in [0.3, 0.4) is 0 Å². The molecule has 3 heteroatoms. The molecule has 0 spiro atoms. The van der Waals surface area contributed by atoms with E-state index in [9.17, 15) is 0 Å². The molecule has 0 radical (unpaired) electrons. The predicted octanol–water partition coefficient (Wildman–Crippen LogP) is 8.71. The first-order valence-electron chi connectivity index (χ1n) is 14.8. The molecule has 3 rings (SSSR count). The van der Waals surface area contributed by atoms with Crippen LogP contribution in [0, 0.1) is 17.8 Å². The van der Waals surface area contributed by atoms with E-state index in [4.69, 9.17) is 4.74 Å². The van der Waals surface area contributed by atoms with Crippen molar-refractivity contribution in [2.24, 2.45) is 17.8 Å². The van der Waals surface area contributed by atoms with Crippen LogP contribution in [0.1, 0.15) is 139 Å². The van der Waals surface area contributed by atoms with Crippen LogP contribution in [0.25, 0.3) is 0 Å². The third kappa shape index (κ3) is 18.2. The minimum Gasteiger partial charge on any atom is -0.378 e. The van der Waals surface area contributed by atoms with Crippen LogP contribution in [-0.2, 0) is 4.74 Å². The number of nitrogens with zero attached hydrogens (tertiary/aromatic N) is 1.